The molecule has 1 atom stereocenters. The molecule has 1 saturated carbocycles. The standard InChI is InChI=1S/C30H32N4O6S/c1-19-26(31-29(36)39-20(2)21-7-5-4-6-8-21)27(40-32-19)22-11-15-33(16-12-22)24-9-10-25-23(17-24)18-34(41(3,37)38)28(35)30(25)13-14-30/h4-10,17-18,20,22H,11-16H2,1-3H3/p+1/t20-/m1/s1. The molecule has 41 heavy (non-hydrogen) atoms. The van der Waals surface area contributed by atoms with Gasteiger partial charge in [0.2, 0.25) is 0 Å². The van der Waals surface area contributed by atoms with E-state index in [0.717, 1.165) is 58.5 Å². The predicted molar refractivity (Wildman–Crippen MR) is 153 cm³/mol. The molecule has 1 aromatic heterocycles. The Hall–Kier alpha value is -3.99. The van der Waals surface area contributed by atoms with E-state index in [1.54, 1.807) is 6.92 Å². The average Bonchev–Trinajstić information content (AvgIpc) is 3.68. The number of anilines is 2. The molecule has 2 amide bonds. The zero-order valence-electron chi connectivity index (χ0n) is 23.3. The number of hydrogen-bond donors (Lipinski definition) is 1. The number of amides is 2. The quantitative estimate of drug-likeness (QED) is 0.421. The van der Waals surface area contributed by atoms with Crippen LogP contribution in [-0.2, 0) is 25.0 Å². The van der Waals surface area contributed by atoms with E-state index in [4.69, 9.17) is 9.26 Å². The molecule has 1 aliphatic carbocycles. The van der Waals surface area contributed by atoms with Crippen LogP contribution in [0, 0.1) is 6.92 Å². The minimum absolute atomic E-state index is 0.0616. The van der Waals surface area contributed by atoms with Crippen molar-refractivity contribution in [2.75, 3.05) is 29.6 Å². The van der Waals surface area contributed by atoms with E-state index in [2.05, 4.69) is 15.4 Å². The molecule has 1 N–H and O–H groups in total. The van der Waals surface area contributed by atoms with Crippen LogP contribution in [0.2, 0.25) is 0 Å². The third kappa shape index (κ3) is 5.03. The maximum absolute atomic E-state index is 12.9. The molecule has 3 aromatic rings. The monoisotopic (exact) mass is 577 g/mol. The number of nitrogens with zero attached hydrogens (tertiary/aromatic N) is 3. The Bertz CT molecular complexity index is 1650. The van der Waals surface area contributed by atoms with Crippen LogP contribution in [0.15, 0.2) is 53.1 Å². The molecule has 3 heterocycles. The van der Waals surface area contributed by atoms with Crippen LogP contribution in [0.25, 0.3) is 0 Å². The lowest BCUT2D eigenvalue weighted by Gasteiger charge is -2.33. The topological polar surface area (TPSA) is 122 Å². The van der Waals surface area contributed by atoms with E-state index in [-0.39, 0.29) is 11.8 Å². The summed E-state index contributed by atoms with van der Waals surface area (Å²) in [6.45, 7) is 5.08. The summed E-state index contributed by atoms with van der Waals surface area (Å²) in [5.74, 6) is 0.348. The molecular formula is C30H33N4O6S+. The molecule has 2 aliphatic heterocycles. The number of benzene rings is 2. The summed E-state index contributed by atoms with van der Waals surface area (Å²) >= 11 is 0. The number of carbonyl (C=O) groups excluding carboxylic acids is 2. The van der Waals surface area contributed by atoms with Crippen molar-refractivity contribution in [3.63, 3.8) is 0 Å². The molecule has 1 saturated heterocycles. The molecular weight excluding hydrogens is 544 g/mol. The SMILES string of the molecule is Cc1noc(C2CCN(c3ccc4c(c3)C=[N+](S(C)(=O)=O)C(=O)C43CC3)CC2)c1NC(=O)O[C@H](C)c1ccccc1. The number of rotatable bonds is 6. The Morgan fingerprint density at radius 3 is 2.54 bits per heavy atom. The Morgan fingerprint density at radius 1 is 1.17 bits per heavy atom. The van der Waals surface area contributed by atoms with Crippen LogP contribution in [0.4, 0.5) is 16.2 Å². The number of carbonyl (C=O) groups is 2. The van der Waals surface area contributed by atoms with Gasteiger partial charge in [-0.1, -0.05) is 45.5 Å². The number of hydrogen-bond acceptors (Lipinski definition) is 8. The molecule has 10 nitrogen and oxygen atoms in total. The van der Waals surface area contributed by atoms with Gasteiger partial charge in [0.25, 0.3) is 0 Å². The fourth-order valence-electron chi connectivity index (χ4n) is 5.96. The van der Waals surface area contributed by atoms with Gasteiger partial charge in [0.05, 0.1) is 0 Å². The first-order chi connectivity index (χ1) is 19.6. The van der Waals surface area contributed by atoms with Gasteiger partial charge in [0.1, 0.15) is 29.2 Å². The second kappa shape index (κ2) is 10.1. The number of ether oxygens (including phenoxy) is 1. The van der Waals surface area contributed by atoms with Gasteiger partial charge in [-0.25, -0.2) is 9.59 Å². The minimum Gasteiger partial charge on any atom is -0.441 e. The highest BCUT2D eigenvalue weighted by atomic mass is 32.2. The van der Waals surface area contributed by atoms with E-state index in [0.29, 0.717) is 30.0 Å². The summed E-state index contributed by atoms with van der Waals surface area (Å²) in [4.78, 5) is 27.9. The fraction of sp³-hybridized carbons (Fsp3) is 0.400. The summed E-state index contributed by atoms with van der Waals surface area (Å²) in [5, 5.41) is 6.97. The van der Waals surface area contributed by atoms with Gasteiger partial charge in [-0.2, -0.15) is 8.42 Å². The van der Waals surface area contributed by atoms with Gasteiger partial charge in [0.15, 0.2) is 12.0 Å². The molecule has 2 fully saturated rings. The molecule has 214 valence electrons. The van der Waals surface area contributed by atoms with Crippen LogP contribution < -0.4 is 10.2 Å². The summed E-state index contributed by atoms with van der Waals surface area (Å²) < 4.78 is 36.8. The molecule has 2 aromatic carbocycles. The summed E-state index contributed by atoms with van der Waals surface area (Å²) in [7, 11) is -3.70. The van der Waals surface area contributed by atoms with Crippen LogP contribution in [-0.4, -0.2) is 55.1 Å². The number of piperidine rings is 1. The van der Waals surface area contributed by atoms with Crippen LogP contribution >= 0.6 is 0 Å². The lowest BCUT2D eigenvalue weighted by molar-refractivity contribution is -0.307. The highest BCUT2D eigenvalue weighted by Gasteiger charge is 2.62. The van der Waals surface area contributed by atoms with Gasteiger partial charge in [-0.05, 0) is 62.8 Å². The van der Waals surface area contributed by atoms with Gasteiger partial charge >= 0.3 is 22.0 Å². The number of aromatic nitrogens is 1. The van der Waals surface area contributed by atoms with Crippen LogP contribution in [0.5, 0.6) is 0 Å². The van der Waals surface area contributed by atoms with E-state index in [1.807, 2.05) is 55.5 Å². The third-order valence-corrected chi connectivity index (χ3v) is 9.41. The first-order valence-corrected chi connectivity index (χ1v) is 15.7. The normalized spacial score (nSPS) is 19.0. The third-order valence-electron chi connectivity index (χ3n) is 8.42. The second-order valence-corrected chi connectivity index (χ2v) is 13.1. The Labute approximate surface area is 239 Å². The Morgan fingerprint density at radius 2 is 1.88 bits per heavy atom. The zero-order chi connectivity index (χ0) is 28.9. The summed E-state index contributed by atoms with van der Waals surface area (Å²) in [6, 6.07) is 15.5. The van der Waals surface area contributed by atoms with Crippen molar-refractivity contribution in [1.29, 1.82) is 0 Å². The fourth-order valence-corrected chi connectivity index (χ4v) is 6.74. The van der Waals surface area contributed by atoms with E-state index in [9.17, 15) is 18.0 Å². The minimum atomic E-state index is -3.70. The maximum atomic E-state index is 12.9. The van der Waals surface area contributed by atoms with Crippen molar-refractivity contribution < 1.29 is 31.2 Å². The Balaban J connectivity index is 1.14. The van der Waals surface area contributed by atoms with Crippen molar-refractivity contribution in [2.24, 2.45) is 0 Å². The zero-order valence-corrected chi connectivity index (χ0v) is 24.1. The lowest BCUT2D eigenvalue weighted by Crippen LogP contribution is -2.41. The van der Waals surface area contributed by atoms with Crippen molar-refractivity contribution in [1.82, 2.24) is 5.16 Å². The highest BCUT2D eigenvalue weighted by Crippen LogP contribution is 2.52. The van der Waals surface area contributed by atoms with Gasteiger partial charge < -0.3 is 14.2 Å². The summed E-state index contributed by atoms with van der Waals surface area (Å²) in [6.07, 6.45) is 4.43. The first-order valence-electron chi connectivity index (χ1n) is 13.8. The van der Waals surface area contributed by atoms with Crippen molar-refractivity contribution >= 4 is 39.6 Å². The largest absolute Gasteiger partial charge is 0.441 e. The van der Waals surface area contributed by atoms with Gasteiger partial charge in [-0.15, -0.1) is 0 Å². The van der Waals surface area contributed by atoms with E-state index in [1.165, 1.54) is 6.21 Å². The molecule has 1 spiro atoms. The number of nitrogens with one attached hydrogen (secondary N) is 1. The van der Waals surface area contributed by atoms with Gasteiger partial charge in [0, 0.05) is 30.3 Å². The molecule has 0 unspecified atom stereocenters. The second-order valence-electron chi connectivity index (χ2n) is 11.2. The van der Waals surface area contributed by atoms with Crippen molar-refractivity contribution in [3.05, 3.63) is 76.7 Å². The summed E-state index contributed by atoms with van der Waals surface area (Å²) in [5.41, 5.74) is 3.98. The van der Waals surface area contributed by atoms with Crippen LogP contribution in [0.3, 0.4) is 0 Å². The number of fused-ring (bicyclic) bond motifs is 2. The van der Waals surface area contributed by atoms with Crippen molar-refractivity contribution in [3.8, 4) is 0 Å². The Kier molecular flexibility index (Phi) is 6.72. The molecule has 6 rings (SSSR count). The van der Waals surface area contributed by atoms with Crippen molar-refractivity contribution in [2.45, 2.75) is 57.0 Å². The molecule has 0 radical (unpaired) electrons. The lowest BCUT2D eigenvalue weighted by atomic mass is 9.88. The highest BCUT2D eigenvalue weighted by molar-refractivity contribution is 7.85. The number of aryl methyl sites for hydroxylation is 1. The van der Waals surface area contributed by atoms with E-state index >= 15 is 0 Å². The molecule has 11 heteroatoms. The van der Waals surface area contributed by atoms with E-state index < -0.39 is 27.6 Å². The molecule has 0 bridgehead atoms. The predicted octanol–water partition coefficient (Wildman–Crippen LogP) is 4.64. The smallest absolute Gasteiger partial charge is 0.414 e. The van der Waals surface area contributed by atoms with Crippen LogP contribution in [0.1, 0.15) is 72.8 Å². The average molecular weight is 578 g/mol. The number of sulfonamides is 1. The maximum Gasteiger partial charge on any atom is 0.414 e. The first kappa shape index (κ1) is 27.2. The van der Waals surface area contributed by atoms with Gasteiger partial charge in [-0.3, -0.25) is 5.32 Å². The molecule has 3 aliphatic rings.